The van der Waals surface area contributed by atoms with E-state index in [9.17, 15) is 9.59 Å². The molecule has 0 unspecified atom stereocenters. The zero-order chi connectivity index (χ0) is 23.5. The standard InChI is InChI=1S/C27H38N2O3/c1-6-21(5)28-27(31)24(7-2)29(18-17-22-13-9-8-10-14-22)26(30)19-32-25-16-12-11-15-23(25)20(3)4/h8-16,20-21,24H,6-7,17-19H2,1-5H3,(H,28,31)/t21-,24+/m1/s1. The van der Waals surface area contributed by atoms with Gasteiger partial charge in [0.2, 0.25) is 5.91 Å². The fourth-order valence-corrected chi connectivity index (χ4v) is 3.65. The molecule has 2 rings (SSSR count). The maximum atomic E-state index is 13.3. The van der Waals surface area contributed by atoms with Gasteiger partial charge in [0.25, 0.3) is 5.91 Å². The predicted molar refractivity (Wildman–Crippen MR) is 130 cm³/mol. The van der Waals surface area contributed by atoms with E-state index in [1.807, 2.05) is 75.4 Å². The van der Waals surface area contributed by atoms with Gasteiger partial charge in [0.15, 0.2) is 6.61 Å². The summed E-state index contributed by atoms with van der Waals surface area (Å²) in [6, 6.07) is 17.4. The molecular formula is C27H38N2O3. The van der Waals surface area contributed by atoms with E-state index < -0.39 is 6.04 Å². The van der Waals surface area contributed by atoms with E-state index in [2.05, 4.69) is 19.2 Å². The lowest BCUT2D eigenvalue weighted by atomic mass is 10.0. The number of rotatable bonds is 12. The van der Waals surface area contributed by atoms with Crippen molar-refractivity contribution in [2.75, 3.05) is 13.2 Å². The largest absolute Gasteiger partial charge is 0.483 e. The zero-order valence-corrected chi connectivity index (χ0v) is 20.1. The highest BCUT2D eigenvalue weighted by Gasteiger charge is 2.29. The van der Waals surface area contributed by atoms with Crippen LogP contribution < -0.4 is 10.1 Å². The summed E-state index contributed by atoms with van der Waals surface area (Å²) in [5.74, 6) is 0.729. The van der Waals surface area contributed by atoms with Gasteiger partial charge in [-0.3, -0.25) is 9.59 Å². The minimum absolute atomic E-state index is 0.0665. The van der Waals surface area contributed by atoms with Gasteiger partial charge in [-0.15, -0.1) is 0 Å². The number of para-hydroxylation sites is 1. The Morgan fingerprint density at radius 3 is 2.22 bits per heavy atom. The number of nitrogens with one attached hydrogen (secondary N) is 1. The molecule has 2 atom stereocenters. The summed E-state index contributed by atoms with van der Waals surface area (Å²) in [5, 5.41) is 3.04. The lowest BCUT2D eigenvalue weighted by Crippen LogP contribution is -2.52. The summed E-state index contributed by atoms with van der Waals surface area (Å²) in [6.07, 6.45) is 2.07. The molecule has 5 nitrogen and oxygen atoms in total. The van der Waals surface area contributed by atoms with Crippen LogP contribution in [0.2, 0.25) is 0 Å². The SMILES string of the molecule is CC[C@@H](C)NC(=O)[C@H](CC)N(CCc1ccccc1)C(=O)COc1ccccc1C(C)C. The van der Waals surface area contributed by atoms with Crippen LogP contribution in [0.25, 0.3) is 0 Å². The third-order valence-electron chi connectivity index (χ3n) is 5.76. The number of amides is 2. The highest BCUT2D eigenvalue weighted by molar-refractivity contribution is 5.88. The van der Waals surface area contributed by atoms with Gasteiger partial charge in [-0.1, -0.05) is 76.2 Å². The monoisotopic (exact) mass is 438 g/mol. The van der Waals surface area contributed by atoms with Crippen LogP contribution in [0.4, 0.5) is 0 Å². The minimum Gasteiger partial charge on any atom is -0.483 e. The fourth-order valence-electron chi connectivity index (χ4n) is 3.65. The first-order valence-electron chi connectivity index (χ1n) is 11.7. The van der Waals surface area contributed by atoms with E-state index in [0.29, 0.717) is 25.3 Å². The van der Waals surface area contributed by atoms with Crippen LogP contribution in [0.1, 0.15) is 64.5 Å². The Bertz CT molecular complexity index is 851. The highest BCUT2D eigenvalue weighted by atomic mass is 16.5. The van der Waals surface area contributed by atoms with E-state index in [1.54, 1.807) is 4.90 Å². The summed E-state index contributed by atoms with van der Waals surface area (Å²) in [7, 11) is 0. The van der Waals surface area contributed by atoms with Gasteiger partial charge in [0.05, 0.1) is 0 Å². The molecule has 2 aromatic carbocycles. The quantitative estimate of drug-likeness (QED) is 0.510. The Morgan fingerprint density at radius 2 is 1.59 bits per heavy atom. The third-order valence-corrected chi connectivity index (χ3v) is 5.76. The van der Waals surface area contributed by atoms with Crippen LogP contribution in [-0.2, 0) is 16.0 Å². The fraction of sp³-hybridized carbons (Fsp3) is 0.481. The van der Waals surface area contributed by atoms with E-state index in [-0.39, 0.29) is 24.5 Å². The van der Waals surface area contributed by atoms with Crippen LogP contribution in [0.15, 0.2) is 54.6 Å². The number of benzene rings is 2. The molecule has 0 aliphatic carbocycles. The van der Waals surface area contributed by atoms with Crippen molar-refractivity contribution in [2.24, 2.45) is 0 Å². The average molecular weight is 439 g/mol. The van der Waals surface area contributed by atoms with Gasteiger partial charge in [-0.25, -0.2) is 0 Å². The summed E-state index contributed by atoms with van der Waals surface area (Å²) < 4.78 is 5.95. The number of carbonyl (C=O) groups excluding carboxylic acids is 2. The van der Waals surface area contributed by atoms with Gasteiger partial charge in [-0.05, 0) is 49.3 Å². The van der Waals surface area contributed by atoms with Crippen LogP contribution in [0.5, 0.6) is 5.75 Å². The zero-order valence-electron chi connectivity index (χ0n) is 20.1. The second kappa shape index (κ2) is 12.9. The van der Waals surface area contributed by atoms with Crippen LogP contribution in [0.3, 0.4) is 0 Å². The topological polar surface area (TPSA) is 58.6 Å². The molecule has 2 amide bonds. The normalized spacial score (nSPS) is 12.8. The Hall–Kier alpha value is -2.82. The molecule has 0 saturated heterocycles. The molecule has 0 fully saturated rings. The van der Waals surface area contributed by atoms with E-state index in [1.165, 1.54) is 0 Å². The first kappa shape index (κ1) is 25.4. The van der Waals surface area contributed by atoms with E-state index in [0.717, 1.165) is 23.3 Å². The Kier molecular flexibility index (Phi) is 10.3. The molecule has 0 radical (unpaired) electrons. The summed E-state index contributed by atoms with van der Waals surface area (Å²) in [6.45, 7) is 10.5. The van der Waals surface area contributed by atoms with Crippen molar-refractivity contribution in [3.8, 4) is 5.75 Å². The molecule has 5 heteroatoms. The second-order valence-corrected chi connectivity index (χ2v) is 8.55. The van der Waals surface area contributed by atoms with Gasteiger partial charge in [0, 0.05) is 12.6 Å². The number of nitrogens with zero attached hydrogens (tertiary/aromatic N) is 1. The number of hydrogen-bond acceptors (Lipinski definition) is 3. The smallest absolute Gasteiger partial charge is 0.261 e. The van der Waals surface area contributed by atoms with Crippen LogP contribution in [-0.4, -0.2) is 41.9 Å². The molecule has 0 spiro atoms. The van der Waals surface area contributed by atoms with Crippen molar-refractivity contribution in [3.63, 3.8) is 0 Å². The van der Waals surface area contributed by atoms with E-state index >= 15 is 0 Å². The molecule has 0 bridgehead atoms. The first-order valence-corrected chi connectivity index (χ1v) is 11.7. The van der Waals surface area contributed by atoms with Crippen molar-refractivity contribution in [1.82, 2.24) is 10.2 Å². The molecule has 0 aromatic heterocycles. The lowest BCUT2D eigenvalue weighted by molar-refractivity contribution is -0.142. The van der Waals surface area contributed by atoms with Gasteiger partial charge in [-0.2, -0.15) is 0 Å². The van der Waals surface area contributed by atoms with Crippen molar-refractivity contribution in [1.29, 1.82) is 0 Å². The number of carbonyl (C=O) groups is 2. The first-order chi connectivity index (χ1) is 15.4. The van der Waals surface area contributed by atoms with Crippen molar-refractivity contribution in [2.45, 2.75) is 71.9 Å². The minimum atomic E-state index is -0.524. The average Bonchev–Trinajstić information content (AvgIpc) is 2.80. The Balaban J connectivity index is 2.18. The van der Waals surface area contributed by atoms with Crippen LogP contribution >= 0.6 is 0 Å². The molecule has 2 aromatic rings. The third kappa shape index (κ3) is 7.40. The van der Waals surface area contributed by atoms with Gasteiger partial charge < -0.3 is 15.0 Å². The summed E-state index contributed by atoms with van der Waals surface area (Å²) in [5.41, 5.74) is 2.20. The second-order valence-electron chi connectivity index (χ2n) is 8.55. The predicted octanol–water partition coefficient (Wildman–Crippen LogP) is 4.95. The molecule has 0 heterocycles. The van der Waals surface area contributed by atoms with Crippen molar-refractivity contribution >= 4 is 11.8 Å². The Morgan fingerprint density at radius 1 is 0.938 bits per heavy atom. The van der Waals surface area contributed by atoms with E-state index in [4.69, 9.17) is 4.74 Å². The molecule has 174 valence electrons. The van der Waals surface area contributed by atoms with Gasteiger partial charge >= 0.3 is 0 Å². The summed E-state index contributed by atoms with van der Waals surface area (Å²) >= 11 is 0. The van der Waals surface area contributed by atoms with Crippen LogP contribution in [0, 0.1) is 0 Å². The molecule has 0 aliphatic heterocycles. The number of hydrogen-bond donors (Lipinski definition) is 1. The maximum absolute atomic E-state index is 13.3. The molecule has 1 N–H and O–H groups in total. The molecular weight excluding hydrogens is 400 g/mol. The molecule has 0 saturated carbocycles. The Labute approximate surface area is 193 Å². The van der Waals surface area contributed by atoms with Crippen molar-refractivity contribution in [3.05, 3.63) is 65.7 Å². The van der Waals surface area contributed by atoms with Gasteiger partial charge in [0.1, 0.15) is 11.8 Å². The summed E-state index contributed by atoms with van der Waals surface area (Å²) in [4.78, 5) is 28.0. The van der Waals surface area contributed by atoms with Crippen molar-refractivity contribution < 1.29 is 14.3 Å². The maximum Gasteiger partial charge on any atom is 0.261 e. The highest BCUT2D eigenvalue weighted by Crippen LogP contribution is 2.26. The molecule has 0 aliphatic rings. The molecule has 32 heavy (non-hydrogen) atoms. The number of ether oxygens (including phenoxy) is 1. The lowest BCUT2D eigenvalue weighted by Gasteiger charge is -2.31.